The van der Waals surface area contributed by atoms with E-state index >= 15 is 0 Å². The number of nitrogens with two attached hydrogens (primary N) is 1. The number of unbranched alkanes of at least 4 members (excludes halogenated alkanes) is 2. The van der Waals surface area contributed by atoms with E-state index in [-0.39, 0.29) is 5.78 Å². The molecular formula is C13H17Cl2NO. The van der Waals surface area contributed by atoms with Crippen LogP contribution in [0.3, 0.4) is 0 Å². The van der Waals surface area contributed by atoms with Crippen LogP contribution in [0.15, 0.2) is 18.2 Å². The van der Waals surface area contributed by atoms with Gasteiger partial charge in [0.05, 0.1) is 10.0 Å². The molecule has 0 fully saturated rings. The van der Waals surface area contributed by atoms with Crippen LogP contribution in [0.1, 0.15) is 31.2 Å². The van der Waals surface area contributed by atoms with Crippen LogP contribution >= 0.6 is 23.2 Å². The fourth-order valence-corrected chi connectivity index (χ4v) is 2.02. The summed E-state index contributed by atoms with van der Waals surface area (Å²) in [5.41, 5.74) is 6.20. The molecule has 0 unspecified atom stereocenters. The molecule has 94 valence electrons. The molecule has 2 N–H and O–H groups in total. The number of carbonyl (C=O) groups is 1. The number of benzene rings is 1. The molecular weight excluding hydrogens is 257 g/mol. The van der Waals surface area contributed by atoms with Crippen LogP contribution in [-0.4, -0.2) is 12.3 Å². The van der Waals surface area contributed by atoms with Crippen molar-refractivity contribution in [3.63, 3.8) is 0 Å². The van der Waals surface area contributed by atoms with Crippen LogP contribution in [0.4, 0.5) is 0 Å². The molecule has 0 amide bonds. The Kier molecular flexibility index (Phi) is 6.56. The second kappa shape index (κ2) is 7.70. The SMILES string of the molecule is NCCCCCC(=O)Cc1cccc(Cl)c1Cl. The van der Waals surface area contributed by atoms with Gasteiger partial charge in [0, 0.05) is 12.8 Å². The highest BCUT2D eigenvalue weighted by molar-refractivity contribution is 6.42. The molecule has 0 saturated heterocycles. The van der Waals surface area contributed by atoms with Gasteiger partial charge in [-0.1, -0.05) is 41.8 Å². The first-order valence-electron chi connectivity index (χ1n) is 5.80. The molecule has 1 rings (SSSR count). The fraction of sp³-hybridized carbons (Fsp3) is 0.462. The molecule has 0 aliphatic carbocycles. The Morgan fingerprint density at radius 2 is 1.94 bits per heavy atom. The Morgan fingerprint density at radius 3 is 2.65 bits per heavy atom. The lowest BCUT2D eigenvalue weighted by molar-refractivity contribution is -0.118. The van der Waals surface area contributed by atoms with Gasteiger partial charge in [-0.05, 0) is 31.0 Å². The van der Waals surface area contributed by atoms with Crippen molar-refractivity contribution in [1.29, 1.82) is 0 Å². The molecule has 0 aliphatic rings. The van der Waals surface area contributed by atoms with Crippen molar-refractivity contribution in [1.82, 2.24) is 0 Å². The average Bonchev–Trinajstić information content (AvgIpc) is 2.31. The number of hydrogen-bond acceptors (Lipinski definition) is 2. The molecule has 1 aromatic carbocycles. The number of halogens is 2. The standard InChI is InChI=1S/C13H17Cl2NO/c14-12-7-4-5-10(13(12)15)9-11(17)6-2-1-3-8-16/h4-5,7H,1-3,6,8-9,16H2. The summed E-state index contributed by atoms with van der Waals surface area (Å²) in [6, 6.07) is 5.37. The molecule has 0 spiro atoms. The summed E-state index contributed by atoms with van der Waals surface area (Å²) in [5, 5.41) is 0.990. The third-order valence-electron chi connectivity index (χ3n) is 2.58. The molecule has 0 heterocycles. The van der Waals surface area contributed by atoms with Crippen LogP contribution in [0, 0.1) is 0 Å². The first-order chi connectivity index (χ1) is 8.15. The monoisotopic (exact) mass is 273 g/mol. The maximum absolute atomic E-state index is 11.7. The van der Waals surface area contributed by atoms with Crippen LogP contribution < -0.4 is 5.73 Å². The predicted molar refractivity (Wildman–Crippen MR) is 72.7 cm³/mol. The van der Waals surface area contributed by atoms with Gasteiger partial charge in [0.1, 0.15) is 5.78 Å². The van der Waals surface area contributed by atoms with Crippen molar-refractivity contribution in [3.05, 3.63) is 33.8 Å². The summed E-state index contributed by atoms with van der Waals surface area (Å²) in [5.74, 6) is 0.200. The minimum atomic E-state index is 0.200. The Morgan fingerprint density at radius 1 is 1.18 bits per heavy atom. The number of hydrogen-bond donors (Lipinski definition) is 1. The van der Waals surface area contributed by atoms with Crippen LogP contribution in [0.5, 0.6) is 0 Å². The zero-order valence-corrected chi connectivity index (χ0v) is 11.2. The highest BCUT2D eigenvalue weighted by Crippen LogP contribution is 2.26. The Labute approximate surface area is 112 Å². The zero-order chi connectivity index (χ0) is 12.7. The summed E-state index contributed by atoms with van der Waals surface area (Å²) in [6.45, 7) is 0.689. The van der Waals surface area contributed by atoms with Crippen LogP contribution in [0.2, 0.25) is 10.0 Å². The van der Waals surface area contributed by atoms with E-state index in [1.807, 2.05) is 12.1 Å². The lowest BCUT2D eigenvalue weighted by Crippen LogP contribution is -2.04. The van der Waals surface area contributed by atoms with Gasteiger partial charge in [-0.15, -0.1) is 0 Å². The van der Waals surface area contributed by atoms with Crippen molar-refractivity contribution < 1.29 is 4.79 Å². The van der Waals surface area contributed by atoms with Crippen molar-refractivity contribution in [3.8, 4) is 0 Å². The molecule has 1 aromatic rings. The lowest BCUT2D eigenvalue weighted by atomic mass is 10.0. The van der Waals surface area contributed by atoms with Gasteiger partial charge in [-0.2, -0.15) is 0 Å². The summed E-state index contributed by atoms with van der Waals surface area (Å²) in [4.78, 5) is 11.7. The van der Waals surface area contributed by atoms with Crippen molar-refractivity contribution >= 4 is 29.0 Å². The van der Waals surface area contributed by atoms with Crippen LogP contribution in [0.25, 0.3) is 0 Å². The summed E-state index contributed by atoms with van der Waals surface area (Å²) in [6.07, 6.45) is 3.83. The average molecular weight is 274 g/mol. The highest BCUT2D eigenvalue weighted by atomic mass is 35.5. The topological polar surface area (TPSA) is 43.1 Å². The van der Waals surface area contributed by atoms with Gasteiger partial charge in [0.2, 0.25) is 0 Å². The highest BCUT2D eigenvalue weighted by Gasteiger charge is 2.09. The molecule has 2 nitrogen and oxygen atoms in total. The molecule has 0 atom stereocenters. The largest absolute Gasteiger partial charge is 0.330 e. The number of rotatable bonds is 7. The van der Waals surface area contributed by atoms with E-state index in [1.54, 1.807) is 6.07 Å². The third kappa shape index (κ3) is 5.07. The fourth-order valence-electron chi connectivity index (χ4n) is 1.63. The first-order valence-corrected chi connectivity index (χ1v) is 6.55. The summed E-state index contributed by atoms with van der Waals surface area (Å²) < 4.78 is 0. The molecule has 0 aliphatic heterocycles. The van der Waals surface area contributed by atoms with Gasteiger partial charge in [-0.3, -0.25) is 4.79 Å². The number of Topliss-reactive ketones (excluding diaryl/α,β-unsaturated/α-hetero) is 1. The number of carbonyl (C=O) groups excluding carboxylic acids is 1. The van der Waals surface area contributed by atoms with E-state index in [4.69, 9.17) is 28.9 Å². The molecule has 17 heavy (non-hydrogen) atoms. The Hall–Kier alpha value is -0.570. The predicted octanol–water partition coefficient (Wildman–Crippen LogP) is 3.62. The second-order valence-electron chi connectivity index (χ2n) is 4.03. The third-order valence-corrected chi connectivity index (χ3v) is 3.44. The normalized spacial score (nSPS) is 10.5. The van der Waals surface area contributed by atoms with E-state index in [1.165, 1.54) is 0 Å². The maximum atomic E-state index is 11.7. The zero-order valence-electron chi connectivity index (χ0n) is 9.72. The molecule has 0 radical (unpaired) electrons. The van der Waals surface area contributed by atoms with E-state index in [0.717, 1.165) is 24.8 Å². The van der Waals surface area contributed by atoms with Crippen molar-refractivity contribution in [2.45, 2.75) is 32.1 Å². The van der Waals surface area contributed by atoms with E-state index < -0.39 is 0 Å². The summed E-state index contributed by atoms with van der Waals surface area (Å²) >= 11 is 11.9. The Balaban J connectivity index is 2.43. The molecule has 0 aromatic heterocycles. The molecule has 0 bridgehead atoms. The van der Waals surface area contributed by atoms with E-state index in [0.29, 0.717) is 29.4 Å². The minimum absolute atomic E-state index is 0.200. The van der Waals surface area contributed by atoms with Crippen molar-refractivity contribution in [2.24, 2.45) is 5.73 Å². The van der Waals surface area contributed by atoms with E-state index in [2.05, 4.69) is 0 Å². The van der Waals surface area contributed by atoms with Gasteiger partial charge in [-0.25, -0.2) is 0 Å². The second-order valence-corrected chi connectivity index (χ2v) is 4.81. The van der Waals surface area contributed by atoms with Crippen LogP contribution in [-0.2, 0) is 11.2 Å². The van der Waals surface area contributed by atoms with Crippen molar-refractivity contribution in [2.75, 3.05) is 6.54 Å². The summed E-state index contributed by atoms with van der Waals surface area (Å²) in [7, 11) is 0. The first kappa shape index (κ1) is 14.5. The lowest BCUT2D eigenvalue weighted by Gasteiger charge is -2.05. The minimum Gasteiger partial charge on any atom is -0.330 e. The maximum Gasteiger partial charge on any atom is 0.137 e. The number of ketones is 1. The molecule has 0 saturated carbocycles. The Bertz CT molecular complexity index is 380. The van der Waals surface area contributed by atoms with Gasteiger partial charge < -0.3 is 5.73 Å². The van der Waals surface area contributed by atoms with Gasteiger partial charge in [0.15, 0.2) is 0 Å². The van der Waals surface area contributed by atoms with E-state index in [9.17, 15) is 4.79 Å². The quantitative estimate of drug-likeness (QED) is 0.771. The molecule has 4 heteroatoms. The van der Waals surface area contributed by atoms with Gasteiger partial charge >= 0.3 is 0 Å². The smallest absolute Gasteiger partial charge is 0.137 e. The van der Waals surface area contributed by atoms with Gasteiger partial charge in [0.25, 0.3) is 0 Å².